The second kappa shape index (κ2) is 11.4. The Kier molecular flexibility index (Phi) is 8.13. The fourth-order valence-corrected chi connectivity index (χ4v) is 3.28. The second-order valence-electron chi connectivity index (χ2n) is 7.41. The molecule has 3 aromatic rings. The zero-order valence-electron chi connectivity index (χ0n) is 18.1. The highest BCUT2D eigenvalue weighted by atomic mass is 16.5. The Morgan fingerprint density at radius 2 is 1.45 bits per heavy atom. The number of esters is 1. The molecule has 0 aliphatic heterocycles. The molecular formula is C25H25N3O5. The van der Waals surface area contributed by atoms with Gasteiger partial charge in [0.2, 0.25) is 5.91 Å². The van der Waals surface area contributed by atoms with E-state index in [4.69, 9.17) is 4.74 Å². The molecule has 0 bridgehead atoms. The summed E-state index contributed by atoms with van der Waals surface area (Å²) in [4.78, 5) is 42.2. The van der Waals surface area contributed by atoms with Crippen LogP contribution in [0.1, 0.15) is 21.5 Å². The lowest BCUT2D eigenvalue weighted by Gasteiger charge is -2.22. The molecule has 0 fully saturated rings. The van der Waals surface area contributed by atoms with Gasteiger partial charge in [0, 0.05) is 30.8 Å². The van der Waals surface area contributed by atoms with Gasteiger partial charge >= 0.3 is 5.97 Å². The van der Waals surface area contributed by atoms with Gasteiger partial charge in [0.25, 0.3) is 5.91 Å². The molecule has 0 aliphatic rings. The van der Waals surface area contributed by atoms with Crippen molar-refractivity contribution in [3.05, 3.63) is 95.8 Å². The Balaban J connectivity index is 1.80. The van der Waals surface area contributed by atoms with Crippen molar-refractivity contribution in [1.82, 2.24) is 15.6 Å². The number of phenols is 1. The first-order valence-electron chi connectivity index (χ1n) is 10.4. The summed E-state index contributed by atoms with van der Waals surface area (Å²) in [7, 11) is 1.26. The summed E-state index contributed by atoms with van der Waals surface area (Å²) in [6.07, 6.45) is 3.36. The zero-order chi connectivity index (χ0) is 23.6. The number of benzene rings is 2. The van der Waals surface area contributed by atoms with Crippen molar-refractivity contribution >= 4 is 17.8 Å². The van der Waals surface area contributed by atoms with E-state index in [9.17, 15) is 19.5 Å². The number of pyridine rings is 1. The van der Waals surface area contributed by atoms with E-state index in [0.29, 0.717) is 5.56 Å². The largest absolute Gasteiger partial charge is 0.508 e. The van der Waals surface area contributed by atoms with Crippen molar-refractivity contribution in [2.75, 3.05) is 7.11 Å². The molecule has 0 spiro atoms. The van der Waals surface area contributed by atoms with Gasteiger partial charge in [-0.25, -0.2) is 4.79 Å². The standard InChI is InChI=1S/C25H25N3O5/c1-33-25(32)22(16-17-5-3-2-4-6-17)28-24(31)21(15-18-7-9-20(29)10-8-18)27-23(30)19-11-13-26-14-12-19/h2-14,21-22,29H,15-16H2,1H3,(H,27,30)(H,28,31)/t21-,22-/m0/s1. The summed E-state index contributed by atoms with van der Waals surface area (Å²) in [5, 5.41) is 15.0. The van der Waals surface area contributed by atoms with Gasteiger partial charge in [-0.15, -0.1) is 0 Å². The number of hydrogen-bond acceptors (Lipinski definition) is 6. The normalized spacial score (nSPS) is 12.3. The summed E-state index contributed by atoms with van der Waals surface area (Å²) < 4.78 is 4.87. The molecule has 3 N–H and O–H groups in total. The number of rotatable bonds is 9. The van der Waals surface area contributed by atoms with Gasteiger partial charge in [0.05, 0.1) is 7.11 Å². The minimum absolute atomic E-state index is 0.0918. The van der Waals surface area contributed by atoms with Crippen molar-refractivity contribution in [3.8, 4) is 5.75 Å². The Labute approximate surface area is 191 Å². The van der Waals surface area contributed by atoms with E-state index in [1.54, 1.807) is 12.1 Å². The minimum atomic E-state index is -0.974. The quantitative estimate of drug-likeness (QED) is 0.432. The molecule has 2 amide bonds. The lowest BCUT2D eigenvalue weighted by atomic mass is 10.0. The second-order valence-corrected chi connectivity index (χ2v) is 7.41. The summed E-state index contributed by atoms with van der Waals surface area (Å²) in [6, 6.07) is 16.7. The molecule has 170 valence electrons. The van der Waals surface area contributed by atoms with Gasteiger partial charge in [-0.1, -0.05) is 42.5 Å². The Hall–Kier alpha value is -4.20. The van der Waals surface area contributed by atoms with Gasteiger partial charge in [-0.05, 0) is 35.4 Å². The van der Waals surface area contributed by atoms with Crippen LogP contribution in [0.2, 0.25) is 0 Å². The zero-order valence-corrected chi connectivity index (χ0v) is 18.1. The molecule has 0 saturated heterocycles. The molecule has 2 atom stereocenters. The third-order valence-corrected chi connectivity index (χ3v) is 5.03. The maximum atomic E-state index is 13.2. The van der Waals surface area contributed by atoms with Gasteiger partial charge < -0.3 is 20.5 Å². The maximum absolute atomic E-state index is 13.2. The fraction of sp³-hybridized carbons (Fsp3) is 0.200. The van der Waals surface area contributed by atoms with Gasteiger partial charge in [-0.2, -0.15) is 0 Å². The highest BCUT2D eigenvalue weighted by Gasteiger charge is 2.28. The topological polar surface area (TPSA) is 118 Å². The third-order valence-electron chi connectivity index (χ3n) is 5.03. The van der Waals surface area contributed by atoms with Crippen molar-refractivity contribution < 1.29 is 24.2 Å². The number of phenolic OH excluding ortho intramolecular Hbond substituents is 1. The molecule has 0 unspecified atom stereocenters. The van der Waals surface area contributed by atoms with Crippen LogP contribution in [0.3, 0.4) is 0 Å². The number of carbonyl (C=O) groups excluding carboxylic acids is 3. The smallest absolute Gasteiger partial charge is 0.328 e. The van der Waals surface area contributed by atoms with Crippen LogP contribution in [0.5, 0.6) is 5.75 Å². The summed E-state index contributed by atoms with van der Waals surface area (Å²) in [5.41, 5.74) is 1.92. The van der Waals surface area contributed by atoms with Crippen molar-refractivity contribution in [2.24, 2.45) is 0 Å². The van der Waals surface area contributed by atoms with Crippen LogP contribution < -0.4 is 10.6 Å². The maximum Gasteiger partial charge on any atom is 0.328 e. The van der Waals surface area contributed by atoms with E-state index in [-0.39, 0.29) is 18.6 Å². The molecule has 0 saturated carbocycles. The number of methoxy groups -OCH3 is 1. The molecule has 0 radical (unpaired) electrons. The molecule has 3 rings (SSSR count). The van der Waals surface area contributed by atoms with E-state index in [1.165, 1.54) is 43.8 Å². The highest BCUT2D eigenvalue weighted by Crippen LogP contribution is 2.13. The molecule has 8 nitrogen and oxygen atoms in total. The van der Waals surface area contributed by atoms with Crippen molar-refractivity contribution in [2.45, 2.75) is 24.9 Å². The first-order chi connectivity index (χ1) is 16.0. The number of carbonyl (C=O) groups is 3. The number of aromatic nitrogens is 1. The Morgan fingerprint density at radius 3 is 2.09 bits per heavy atom. The SMILES string of the molecule is COC(=O)[C@H](Cc1ccccc1)NC(=O)[C@H](Cc1ccc(O)cc1)NC(=O)c1ccncc1. The van der Waals surface area contributed by atoms with E-state index in [2.05, 4.69) is 15.6 Å². The molecule has 0 aliphatic carbocycles. The van der Waals surface area contributed by atoms with Crippen molar-refractivity contribution in [3.63, 3.8) is 0 Å². The molecule has 1 heterocycles. The molecule has 2 aromatic carbocycles. The van der Waals surface area contributed by atoms with Gasteiger partial charge in [-0.3, -0.25) is 14.6 Å². The molecule has 1 aromatic heterocycles. The molecule has 33 heavy (non-hydrogen) atoms. The van der Waals surface area contributed by atoms with Crippen LogP contribution in [0.4, 0.5) is 0 Å². The van der Waals surface area contributed by atoms with Crippen LogP contribution in [0, 0.1) is 0 Å². The molecular weight excluding hydrogens is 422 g/mol. The summed E-state index contributed by atoms with van der Waals surface area (Å²) in [6.45, 7) is 0. The first-order valence-corrected chi connectivity index (χ1v) is 10.4. The van der Waals surface area contributed by atoms with E-state index in [0.717, 1.165) is 11.1 Å². The van der Waals surface area contributed by atoms with E-state index in [1.807, 2.05) is 30.3 Å². The van der Waals surface area contributed by atoms with Gasteiger partial charge in [0.1, 0.15) is 17.8 Å². The molecule has 8 heteroatoms. The minimum Gasteiger partial charge on any atom is -0.508 e. The Bertz CT molecular complexity index is 1070. The number of amides is 2. The fourth-order valence-electron chi connectivity index (χ4n) is 3.28. The lowest BCUT2D eigenvalue weighted by Crippen LogP contribution is -2.53. The predicted molar refractivity (Wildman–Crippen MR) is 121 cm³/mol. The Morgan fingerprint density at radius 1 is 0.848 bits per heavy atom. The van der Waals surface area contributed by atoms with Crippen molar-refractivity contribution in [1.29, 1.82) is 0 Å². The van der Waals surface area contributed by atoms with Crippen LogP contribution >= 0.6 is 0 Å². The van der Waals surface area contributed by atoms with Crippen LogP contribution in [0.25, 0.3) is 0 Å². The van der Waals surface area contributed by atoms with Crippen LogP contribution in [0.15, 0.2) is 79.1 Å². The van der Waals surface area contributed by atoms with Crippen LogP contribution in [-0.4, -0.2) is 47.1 Å². The monoisotopic (exact) mass is 447 g/mol. The number of ether oxygens (including phenoxy) is 1. The lowest BCUT2D eigenvalue weighted by molar-refractivity contribution is -0.145. The third kappa shape index (κ3) is 6.90. The van der Waals surface area contributed by atoms with E-state index >= 15 is 0 Å². The summed E-state index contributed by atoms with van der Waals surface area (Å²) in [5.74, 6) is -1.48. The summed E-state index contributed by atoms with van der Waals surface area (Å²) >= 11 is 0. The predicted octanol–water partition coefficient (Wildman–Crippen LogP) is 2.03. The van der Waals surface area contributed by atoms with Gasteiger partial charge in [0.15, 0.2) is 0 Å². The van der Waals surface area contributed by atoms with E-state index < -0.39 is 29.9 Å². The number of nitrogens with one attached hydrogen (secondary N) is 2. The number of nitrogens with zero attached hydrogens (tertiary/aromatic N) is 1. The first kappa shape index (κ1) is 23.5. The average molecular weight is 447 g/mol. The number of aromatic hydroxyl groups is 1. The average Bonchev–Trinajstić information content (AvgIpc) is 2.85. The highest BCUT2D eigenvalue weighted by molar-refractivity contribution is 5.98. The van der Waals surface area contributed by atoms with Crippen LogP contribution in [-0.2, 0) is 27.2 Å². The number of hydrogen-bond donors (Lipinski definition) is 3.